The van der Waals surface area contributed by atoms with Crippen molar-refractivity contribution in [1.29, 1.82) is 0 Å². The Bertz CT molecular complexity index is 7290. The Morgan fingerprint density at radius 3 is 0.944 bits per heavy atom. The van der Waals surface area contributed by atoms with Gasteiger partial charge in [-0.15, -0.1) is 0 Å². The zero-order chi connectivity index (χ0) is 83.8. The van der Waals surface area contributed by atoms with Crippen molar-refractivity contribution >= 4 is 87.0 Å². The summed E-state index contributed by atoms with van der Waals surface area (Å²) in [4.78, 5) is 0. The Hall–Kier alpha value is -13.4. The average Bonchev–Trinajstić information content (AvgIpc) is 1.51. The van der Waals surface area contributed by atoms with Crippen LogP contribution >= 0.6 is 0 Å². The number of hydrogen-bond donors (Lipinski definition) is 0. The first kappa shape index (κ1) is 76.5. The molecule has 2 heterocycles. The van der Waals surface area contributed by atoms with Crippen LogP contribution in [0.2, 0.25) is 0 Å². The number of rotatable bonds is 22. The van der Waals surface area contributed by atoms with Gasteiger partial charge in [0.05, 0.1) is 0 Å². The molecule has 0 bridgehead atoms. The monoisotopic (exact) mass is 1610 g/mol. The summed E-state index contributed by atoms with van der Waals surface area (Å²) in [5.41, 5.74) is 39.0. The molecule has 0 radical (unpaired) electrons. The number of benzene rings is 18. The van der Waals surface area contributed by atoms with E-state index >= 15 is 0 Å². The number of furan rings is 2. The summed E-state index contributed by atoms with van der Waals surface area (Å²) in [6, 6.07) is 130. The summed E-state index contributed by atoms with van der Waals surface area (Å²) in [7, 11) is 0. The maximum absolute atomic E-state index is 6.82. The molecule has 606 valence electrons. The van der Waals surface area contributed by atoms with Crippen LogP contribution in [0.1, 0.15) is 165 Å². The molecule has 125 heavy (non-hydrogen) atoms. The molecule has 0 amide bonds. The molecule has 0 atom stereocenters. The van der Waals surface area contributed by atoms with E-state index in [-0.39, 0.29) is 16.2 Å². The normalized spacial score (nSPS) is 13.8. The fraction of sp³-hybridized carbons (Fsp3) is 0.187. The lowest BCUT2D eigenvalue weighted by molar-refractivity contribution is 0.398. The van der Waals surface area contributed by atoms with E-state index in [1.54, 1.807) is 11.1 Å². The topological polar surface area (TPSA) is 26.3 Å². The fourth-order valence-corrected chi connectivity index (χ4v) is 23.0. The van der Waals surface area contributed by atoms with Gasteiger partial charge in [-0.05, 0) is 309 Å². The van der Waals surface area contributed by atoms with Gasteiger partial charge < -0.3 is 8.83 Å². The second-order valence-corrected chi connectivity index (χ2v) is 37.4. The molecule has 2 nitrogen and oxygen atoms in total. The van der Waals surface area contributed by atoms with E-state index in [1.807, 2.05) is 0 Å². The number of unbranched alkanes of at least 4 members (excludes halogenated alkanes) is 10. The fourth-order valence-electron chi connectivity index (χ4n) is 23.0. The van der Waals surface area contributed by atoms with E-state index in [9.17, 15) is 0 Å². The third-order valence-corrected chi connectivity index (χ3v) is 29.4. The first-order chi connectivity index (χ1) is 61.4. The molecule has 2 heteroatoms. The summed E-state index contributed by atoms with van der Waals surface area (Å²) in [6.07, 6.45) is 17.3. The number of hydrogen-bond acceptors (Lipinski definition) is 2. The van der Waals surface area contributed by atoms with E-state index in [0.29, 0.717) is 0 Å². The van der Waals surface area contributed by atoms with Gasteiger partial charge in [-0.25, -0.2) is 0 Å². The summed E-state index contributed by atoms with van der Waals surface area (Å²) < 4.78 is 13.6. The maximum atomic E-state index is 6.82. The standard InChI is InChI=1S/C123H102O2/c1-7-9-11-13-15-35-61-123(62-36-16-14-12-10-8-2)111-75-107-109(121(3,4)113-71-101(91-49-31-33-51-97(91)119(107)113)93-57-53-83(77-37-19-17-20-38-77)63-99(93)89-47-29-27-45-87(89)85-55-59-95-105-65-79-41-23-25-43-81(79)67-117(105)124-115(95)69-85)73-103(111)104-74-110-108(76-112(104)123)120-98-52-34-32-50-92(98)102(72-114(120)122(110,5)6)94-58-54-84(78-39-21-18-22-40-78)64-100(94)90-48-30-28-46-88(90)86-56-60-96-106-66-80-42-24-26-44-82(80)68-118(106)125-116(96)70-86/h17-34,37-60,63-76H,7-16,35-36,61-62H2,1-6H3. The Balaban J connectivity index is 0.685. The molecule has 23 rings (SSSR count). The van der Waals surface area contributed by atoms with Gasteiger partial charge in [-0.3, -0.25) is 0 Å². The minimum atomic E-state index is -0.364. The van der Waals surface area contributed by atoms with Crippen molar-refractivity contribution in [3.05, 3.63) is 373 Å². The lowest BCUT2D eigenvalue weighted by Gasteiger charge is -2.34. The van der Waals surface area contributed by atoms with E-state index in [1.165, 1.54) is 254 Å². The summed E-state index contributed by atoms with van der Waals surface area (Å²) >= 11 is 0. The Morgan fingerprint density at radius 2 is 0.520 bits per heavy atom. The van der Waals surface area contributed by atoms with Crippen molar-refractivity contribution in [3.63, 3.8) is 0 Å². The van der Waals surface area contributed by atoms with Gasteiger partial charge in [0, 0.05) is 37.8 Å². The molecule has 20 aromatic rings. The average molecular weight is 1610 g/mol. The molecule has 3 aliphatic carbocycles. The molecule has 0 aliphatic heterocycles. The first-order valence-corrected chi connectivity index (χ1v) is 46.2. The third-order valence-electron chi connectivity index (χ3n) is 29.4. The molecule has 2 aromatic heterocycles. The zero-order valence-corrected chi connectivity index (χ0v) is 72.5. The van der Waals surface area contributed by atoms with Gasteiger partial charge in [-0.2, -0.15) is 0 Å². The second kappa shape index (κ2) is 30.5. The number of fused-ring (bicyclic) bond motifs is 21. The van der Waals surface area contributed by atoms with Crippen molar-refractivity contribution in [1.82, 2.24) is 0 Å². The van der Waals surface area contributed by atoms with Gasteiger partial charge >= 0.3 is 0 Å². The van der Waals surface area contributed by atoms with Gasteiger partial charge in [-0.1, -0.05) is 361 Å². The third kappa shape index (κ3) is 12.5. The van der Waals surface area contributed by atoms with E-state index in [0.717, 1.165) is 67.8 Å². The van der Waals surface area contributed by atoms with Crippen LogP contribution < -0.4 is 0 Å². The highest BCUT2D eigenvalue weighted by Crippen LogP contribution is 2.65. The molecule has 18 aromatic carbocycles. The first-order valence-electron chi connectivity index (χ1n) is 46.2. The molecular formula is C123H102O2. The Kier molecular flexibility index (Phi) is 18.7. The van der Waals surface area contributed by atoms with Crippen LogP contribution in [-0.2, 0) is 16.2 Å². The summed E-state index contributed by atoms with van der Waals surface area (Å²) in [5.74, 6) is 0. The predicted molar refractivity (Wildman–Crippen MR) is 532 cm³/mol. The SMILES string of the molecule is CCCCCCCCC1(CCCCCCCC)c2cc3c(cc2-c2cc4c(cc21)-c1c(cc(-c2ccc(-c5ccccc5)cc2-c2ccccc2-c2ccc5c(c2)oc2cc6ccccc6cc25)c2ccccc12)C4(C)C)C(C)(C)c1cc(-c2ccc(-c4ccccc4)cc2-c2ccccc2-c2ccc4c(c2)oc2cc5ccccc5cc24)c2ccccc2c1-3. The van der Waals surface area contributed by atoms with Gasteiger partial charge in [0.1, 0.15) is 22.3 Å². The van der Waals surface area contributed by atoms with Gasteiger partial charge in [0.15, 0.2) is 0 Å². The summed E-state index contributed by atoms with van der Waals surface area (Å²) in [5, 5.41) is 14.5. The van der Waals surface area contributed by atoms with Crippen LogP contribution in [0.3, 0.4) is 0 Å². The van der Waals surface area contributed by atoms with E-state index < -0.39 is 0 Å². The molecule has 0 N–H and O–H groups in total. The smallest absolute Gasteiger partial charge is 0.136 e. The van der Waals surface area contributed by atoms with E-state index in [2.05, 4.69) is 381 Å². The van der Waals surface area contributed by atoms with Crippen molar-refractivity contribution in [2.75, 3.05) is 0 Å². The maximum Gasteiger partial charge on any atom is 0.136 e. The summed E-state index contributed by atoms with van der Waals surface area (Å²) in [6.45, 7) is 14.9. The zero-order valence-electron chi connectivity index (χ0n) is 72.5. The van der Waals surface area contributed by atoms with Crippen LogP contribution in [0.15, 0.2) is 349 Å². The van der Waals surface area contributed by atoms with Crippen molar-refractivity contribution in [2.24, 2.45) is 0 Å². The molecule has 0 spiro atoms. The van der Waals surface area contributed by atoms with Crippen LogP contribution in [0.25, 0.3) is 209 Å². The van der Waals surface area contributed by atoms with Gasteiger partial charge in [0.25, 0.3) is 0 Å². The highest BCUT2D eigenvalue weighted by Gasteiger charge is 2.49. The van der Waals surface area contributed by atoms with Crippen LogP contribution in [0, 0.1) is 0 Å². The van der Waals surface area contributed by atoms with Crippen LogP contribution in [-0.4, -0.2) is 0 Å². The molecule has 0 saturated carbocycles. The van der Waals surface area contributed by atoms with E-state index in [4.69, 9.17) is 8.83 Å². The predicted octanol–water partition coefficient (Wildman–Crippen LogP) is 35.8. The highest BCUT2D eigenvalue weighted by atomic mass is 16.3. The minimum absolute atomic E-state index is 0.214. The van der Waals surface area contributed by atoms with Crippen LogP contribution in [0.5, 0.6) is 0 Å². The quantitative estimate of drug-likeness (QED) is 0.0632. The minimum Gasteiger partial charge on any atom is -0.456 e. The van der Waals surface area contributed by atoms with Crippen molar-refractivity contribution in [3.8, 4) is 122 Å². The molecule has 0 fully saturated rings. The lowest BCUT2D eigenvalue weighted by atomic mass is 9.69. The largest absolute Gasteiger partial charge is 0.456 e. The lowest BCUT2D eigenvalue weighted by Crippen LogP contribution is -2.26. The van der Waals surface area contributed by atoms with Crippen LogP contribution in [0.4, 0.5) is 0 Å². The molecule has 3 aliphatic rings. The highest BCUT2D eigenvalue weighted by molar-refractivity contribution is 6.17. The van der Waals surface area contributed by atoms with Crippen molar-refractivity contribution in [2.45, 2.75) is 148 Å². The molecule has 0 saturated heterocycles. The Morgan fingerprint density at radius 1 is 0.192 bits per heavy atom. The van der Waals surface area contributed by atoms with Gasteiger partial charge in [0.2, 0.25) is 0 Å². The molecular weight excluding hydrogens is 1510 g/mol. The van der Waals surface area contributed by atoms with Crippen molar-refractivity contribution < 1.29 is 8.83 Å². The molecule has 0 unspecified atom stereocenters. The second-order valence-electron chi connectivity index (χ2n) is 37.4. The Labute approximate surface area is 733 Å².